The Morgan fingerprint density at radius 1 is 0.872 bits per heavy atom. The molecule has 0 aliphatic rings. The minimum absolute atomic E-state index is 0.0941. The molecule has 0 aromatic heterocycles. The van der Waals surface area contributed by atoms with Crippen molar-refractivity contribution in [3.63, 3.8) is 0 Å². The van der Waals surface area contributed by atoms with Gasteiger partial charge in [0, 0.05) is 12.6 Å². The second-order valence-electron chi connectivity index (χ2n) is 10.1. The van der Waals surface area contributed by atoms with Crippen LogP contribution in [-0.4, -0.2) is 50.3 Å². The molecule has 0 aliphatic heterocycles. The van der Waals surface area contributed by atoms with Crippen molar-refractivity contribution >= 4 is 27.5 Å². The molecular weight excluding hydrogens is 510 g/mol. The summed E-state index contributed by atoms with van der Waals surface area (Å²) in [4.78, 5) is 28.8. The highest BCUT2D eigenvalue weighted by Gasteiger charge is 2.33. The number of nitrogens with one attached hydrogen (secondary N) is 1. The quantitative estimate of drug-likeness (QED) is 0.349. The summed E-state index contributed by atoms with van der Waals surface area (Å²) in [7, 11) is -4.07. The largest absolute Gasteiger partial charge is 0.352 e. The smallest absolute Gasteiger partial charge is 0.264 e. The van der Waals surface area contributed by atoms with Gasteiger partial charge in [-0.15, -0.1) is 0 Å². The molecule has 1 atom stereocenters. The SMILES string of the molecule is CC[C@H](C(=O)NC(C)C)N(CCc1ccccc1)C(=O)CN(c1cccc(C)c1)S(=O)(=O)c1ccc(C)cc1. The molecule has 39 heavy (non-hydrogen) atoms. The summed E-state index contributed by atoms with van der Waals surface area (Å²) in [6.07, 6.45) is 0.932. The fourth-order valence-corrected chi connectivity index (χ4v) is 5.83. The van der Waals surface area contributed by atoms with E-state index in [4.69, 9.17) is 0 Å². The van der Waals surface area contributed by atoms with E-state index in [0.717, 1.165) is 21.0 Å². The van der Waals surface area contributed by atoms with Crippen LogP contribution in [-0.2, 0) is 26.0 Å². The average Bonchev–Trinajstić information content (AvgIpc) is 2.89. The number of rotatable bonds is 12. The van der Waals surface area contributed by atoms with Crippen molar-refractivity contribution in [2.75, 3.05) is 17.4 Å². The van der Waals surface area contributed by atoms with Crippen molar-refractivity contribution in [2.45, 2.75) is 64.4 Å². The molecule has 3 rings (SSSR count). The molecule has 0 saturated heterocycles. The number of benzene rings is 3. The first-order chi connectivity index (χ1) is 18.5. The van der Waals surface area contributed by atoms with E-state index < -0.39 is 28.5 Å². The molecule has 3 aromatic carbocycles. The minimum atomic E-state index is -4.07. The fraction of sp³-hybridized carbons (Fsp3) is 0.355. The monoisotopic (exact) mass is 549 g/mol. The molecule has 0 unspecified atom stereocenters. The van der Waals surface area contributed by atoms with Gasteiger partial charge in [-0.1, -0.05) is 67.1 Å². The fourth-order valence-electron chi connectivity index (χ4n) is 4.43. The molecular formula is C31H39N3O4S. The van der Waals surface area contributed by atoms with Crippen molar-refractivity contribution in [1.82, 2.24) is 10.2 Å². The summed E-state index contributed by atoms with van der Waals surface area (Å²) < 4.78 is 28.9. The third-order valence-corrected chi connectivity index (χ3v) is 8.27. The molecule has 0 spiro atoms. The number of hydrogen-bond acceptors (Lipinski definition) is 4. The molecule has 0 bridgehead atoms. The van der Waals surface area contributed by atoms with Crippen molar-refractivity contribution in [3.05, 3.63) is 95.6 Å². The number of aryl methyl sites for hydroxylation is 2. The van der Waals surface area contributed by atoms with Gasteiger partial charge < -0.3 is 10.2 Å². The van der Waals surface area contributed by atoms with Crippen LogP contribution in [0.1, 0.15) is 43.9 Å². The summed E-state index contributed by atoms with van der Waals surface area (Å²) in [5.74, 6) is -0.689. The molecule has 0 saturated carbocycles. The number of nitrogens with zero attached hydrogens (tertiary/aromatic N) is 2. The number of sulfonamides is 1. The van der Waals surface area contributed by atoms with E-state index in [0.29, 0.717) is 18.5 Å². The summed E-state index contributed by atoms with van der Waals surface area (Å²) >= 11 is 0. The second-order valence-corrected chi connectivity index (χ2v) is 11.9. The van der Waals surface area contributed by atoms with E-state index in [-0.39, 0.29) is 23.4 Å². The zero-order valence-electron chi connectivity index (χ0n) is 23.4. The van der Waals surface area contributed by atoms with Gasteiger partial charge in [0.15, 0.2) is 0 Å². The van der Waals surface area contributed by atoms with Crippen LogP contribution < -0.4 is 9.62 Å². The van der Waals surface area contributed by atoms with Crippen LogP contribution in [0.15, 0.2) is 83.8 Å². The molecule has 1 N–H and O–H groups in total. The Hall–Kier alpha value is -3.65. The van der Waals surface area contributed by atoms with Gasteiger partial charge in [0.2, 0.25) is 11.8 Å². The van der Waals surface area contributed by atoms with E-state index in [1.54, 1.807) is 42.5 Å². The molecule has 2 amide bonds. The highest BCUT2D eigenvalue weighted by Crippen LogP contribution is 2.25. The van der Waals surface area contributed by atoms with Crippen LogP contribution in [0.25, 0.3) is 0 Å². The highest BCUT2D eigenvalue weighted by atomic mass is 32.2. The van der Waals surface area contributed by atoms with Gasteiger partial charge in [-0.25, -0.2) is 8.42 Å². The third kappa shape index (κ3) is 7.93. The number of carbonyl (C=O) groups is 2. The first kappa shape index (κ1) is 29.9. The van der Waals surface area contributed by atoms with E-state index in [1.807, 2.05) is 71.0 Å². The second kappa shape index (κ2) is 13.4. The minimum Gasteiger partial charge on any atom is -0.352 e. The molecule has 0 radical (unpaired) electrons. The average molecular weight is 550 g/mol. The van der Waals surface area contributed by atoms with Crippen LogP contribution in [0, 0.1) is 13.8 Å². The van der Waals surface area contributed by atoms with Gasteiger partial charge in [0.1, 0.15) is 12.6 Å². The zero-order valence-corrected chi connectivity index (χ0v) is 24.2. The Morgan fingerprint density at radius 3 is 2.13 bits per heavy atom. The summed E-state index contributed by atoms with van der Waals surface area (Å²) in [6, 6.07) is 22.5. The standard InChI is InChI=1S/C31H39N3O4S/c1-6-29(31(36)32-23(2)3)33(20-19-26-12-8-7-9-13-26)30(35)22-34(27-14-10-11-25(5)21-27)39(37,38)28-17-15-24(4)16-18-28/h7-18,21,23,29H,6,19-20,22H2,1-5H3,(H,32,36)/t29-/m1/s1. The highest BCUT2D eigenvalue weighted by molar-refractivity contribution is 7.92. The van der Waals surface area contributed by atoms with Crippen LogP contribution in [0.3, 0.4) is 0 Å². The number of amides is 2. The normalized spacial score (nSPS) is 12.2. The summed E-state index contributed by atoms with van der Waals surface area (Å²) in [5, 5.41) is 2.92. The lowest BCUT2D eigenvalue weighted by Crippen LogP contribution is -2.54. The maximum atomic E-state index is 14.0. The molecule has 0 fully saturated rings. The third-order valence-electron chi connectivity index (χ3n) is 6.48. The predicted octanol–water partition coefficient (Wildman–Crippen LogP) is 4.87. The van der Waals surface area contributed by atoms with Gasteiger partial charge in [-0.2, -0.15) is 0 Å². The Kier molecular flexibility index (Phi) is 10.3. The van der Waals surface area contributed by atoms with Crippen LogP contribution in [0.4, 0.5) is 5.69 Å². The van der Waals surface area contributed by atoms with Gasteiger partial charge in [0.05, 0.1) is 10.6 Å². The molecule has 7 nitrogen and oxygen atoms in total. The first-order valence-corrected chi connectivity index (χ1v) is 14.8. The van der Waals surface area contributed by atoms with Crippen LogP contribution in [0.2, 0.25) is 0 Å². The summed E-state index contributed by atoms with van der Waals surface area (Å²) in [6.45, 7) is 9.20. The lowest BCUT2D eigenvalue weighted by atomic mass is 10.1. The molecule has 0 heterocycles. The zero-order chi connectivity index (χ0) is 28.6. The van der Waals surface area contributed by atoms with E-state index in [9.17, 15) is 18.0 Å². The Bertz CT molecular complexity index is 1360. The maximum Gasteiger partial charge on any atom is 0.264 e. The Labute approximate surface area is 232 Å². The van der Waals surface area contributed by atoms with E-state index in [2.05, 4.69) is 5.32 Å². The van der Waals surface area contributed by atoms with Gasteiger partial charge in [0.25, 0.3) is 10.0 Å². The van der Waals surface area contributed by atoms with Crippen LogP contribution in [0.5, 0.6) is 0 Å². The van der Waals surface area contributed by atoms with E-state index in [1.165, 1.54) is 4.90 Å². The van der Waals surface area contributed by atoms with Crippen molar-refractivity contribution < 1.29 is 18.0 Å². The maximum absolute atomic E-state index is 14.0. The lowest BCUT2D eigenvalue weighted by molar-refractivity contribution is -0.139. The van der Waals surface area contributed by atoms with Gasteiger partial charge in [-0.3, -0.25) is 13.9 Å². The van der Waals surface area contributed by atoms with Crippen molar-refractivity contribution in [3.8, 4) is 0 Å². The van der Waals surface area contributed by atoms with Gasteiger partial charge >= 0.3 is 0 Å². The molecule has 208 valence electrons. The topological polar surface area (TPSA) is 86.8 Å². The van der Waals surface area contributed by atoms with Crippen molar-refractivity contribution in [2.24, 2.45) is 0 Å². The van der Waals surface area contributed by atoms with E-state index >= 15 is 0 Å². The van der Waals surface area contributed by atoms with Crippen molar-refractivity contribution in [1.29, 1.82) is 0 Å². The number of carbonyl (C=O) groups excluding carboxylic acids is 2. The Balaban J connectivity index is 2.01. The predicted molar refractivity (Wildman–Crippen MR) is 156 cm³/mol. The Morgan fingerprint density at radius 2 is 1.54 bits per heavy atom. The molecule has 8 heteroatoms. The lowest BCUT2D eigenvalue weighted by Gasteiger charge is -2.33. The first-order valence-electron chi connectivity index (χ1n) is 13.3. The number of hydrogen-bond donors (Lipinski definition) is 1. The van der Waals surface area contributed by atoms with Crippen LogP contribution >= 0.6 is 0 Å². The summed E-state index contributed by atoms with van der Waals surface area (Å²) in [5.41, 5.74) is 3.22. The molecule has 3 aromatic rings. The van der Waals surface area contributed by atoms with Gasteiger partial charge in [-0.05, 0) is 75.9 Å². The molecule has 0 aliphatic carbocycles. The number of anilines is 1.